The molecule has 0 radical (unpaired) electrons. The highest BCUT2D eigenvalue weighted by Crippen LogP contribution is 2.42. The Morgan fingerprint density at radius 2 is 1.59 bits per heavy atom. The minimum Gasteiger partial charge on any atom is -0.772 e. The van der Waals surface area contributed by atoms with Crippen molar-refractivity contribution in [2.24, 2.45) is 5.73 Å². The number of benzene rings is 2. The lowest BCUT2D eigenvalue weighted by Gasteiger charge is -2.34. The molecule has 2 aromatic rings. The van der Waals surface area contributed by atoms with Gasteiger partial charge in [-0.1, -0.05) is 34.3 Å². The van der Waals surface area contributed by atoms with Crippen LogP contribution in [0.2, 0.25) is 10.0 Å². The normalized spacial score (nSPS) is 18.4. The Labute approximate surface area is 250 Å². The standard InChI is InChI=1S/C21H22Cl2FN3O3S.C3H6O2S.C2H4O2/c22-15-8-16(23)10-17(9-15)31(29,30)27-5-3-26(4-6-27)12-14-7-20(24)19(21(25)28)11-18(14)13-1-2-13;4-6(5)3-1-2-3;1-2(3)4/h7-11,13H,1-6,12H2,(H2,25,28);3H,1-2H2,(H,4,5);1H3,(H,3,4)/p-1. The van der Waals surface area contributed by atoms with Gasteiger partial charge in [-0.05, 0) is 73.1 Å². The number of aliphatic carboxylic acids is 1. The summed E-state index contributed by atoms with van der Waals surface area (Å²) in [5, 5.41) is 7.96. The Hall–Kier alpha value is -2.13. The van der Waals surface area contributed by atoms with Gasteiger partial charge >= 0.3 is 0 Å². The second kappa shape index (κ2) is 14.4. The fraction of sp³-hybridized carbons (Fsp3) is 0.462. The molecule has 15 heteroatoms. The molecular weight excluding hydrogens is 620 g/mol. The summed E-state index contributed by atoms with van der Waals surface area (Å²) in [6, 6.07) is 7.24. The van der Waals surface area contributed by atoms with Gasteiger partial charge in [0.05, 0.1) is 10.5 Å². The summed E-state index contributed by atoms with van der Waals surface area (Å²) in [6.45, 7) is 3.16. The summed E-state index contributed by atoms with van der Waals surface area (Å²) < 4.78 is 61.2. The summed E-state index contributed by atoms with van der Waals surface area (Å²) >= 11 is 10.2. The molecule has 0 aromatic heterocycles. The number of rotatable bonds is 7. The second-order valence-corrected chi connectivity index (χ2v) is 13.9. The molecule has 41 heavy (non-hydrogen) atoms. The van der Waals surface area contributed by atoms with E-state index >= 15 is 0 Å². The number of piperazine rings is 1. The van der Waals surface area contributed by atoms with Gasteiger partial charge in [-0.3, -0.25) is 18.7 Å². The Bertz CT molecular complexity index is 1390. The summed E-state index contributed by atoms with van der Waals surface area (Å²) in [4.78, 5) is 22.7. The molecule has 226 valence electrons. The van der Waals surface area contributed by atoms with Crippen molar-refractivity contribution in [3.05, 3.63) is 62.9 Å². The van der Waals surface area contributed by atoms with Crippen LogP contribution in [0.3, 0.4) is 0 Å². The van der Waals surface area contributed by atoms with Gasteiger partial charge < -0.3 is 15.4 Å². The Morgan fingerprint density at radius 1 is 1.05 bits per heavy atom. The largest absolute Gasteiger partial charge is 0.772 e. The van der Waals surface area contributed by atoms with Crippen molar-refractivity contribution in [2.75, 3.05) is 26.2 Å². The molecule has 0 bridgehead atoms. The van der Waals surface area contributed by atoms with E-state index in [0.717, 1.165) is 43.7 Å². The van der Waals surface area contributed by atoms with Crippen molar-refractivity contribution < 1.29 is 36.3 Å². The quantitative estimate of drug-likeness (QED) is 0.428. The van der Waals surface area contributed by atoms with E-state index < -0.39 is 38.8 Å². The van der Waals surface area contributed by atoms with Gasteiger partial charge in [-0.15, -0.1) is 0 Å². The molecule has 5 rings (SSSR count). The maximum Gasteiger partial charge on any atom is 0.300 e. The Kier molecular flexibility index (Phi) is 11.7. The van der Waals surface area contributed by atoms with Crippen LogP contribution in [0.1, 0.15) is 60.0 Å². The lowest BCUT2D eigenvalue weighted by Crippen LogP contribution is -2.48. The molecule has 2 aromatic carbocycles. The van der Waals surface area contributed by atoms with E-state index in [9.17, 15) is 26.4 Å². The molecule has 2 saturated carbocycles. The van der Waals surface area contributed by atoms with Crippen molar-refractivity contribution in [1.29, 1.82) is 0 Å². The van der Waals surface area contributed by atoms with Gasteiger partial charge in [0.25, 0.3) is 11.9 Å². The summed E-state index contributed by atoms with van der Waals surface area (Å²) in [6.07, 6.45) is 3.78. The van der Waals surface area contributed by atoms with Gasteiger partial charge in [0.15, 0.2) is 0 Å². The van der Waals surface area contributed by atoms with E-state index in [0.29, 0.717) is 38.6 Å². The van der Waals surface area contributed by atoms with Crippen molar-refractivity contribution >= 4 is 56.2 Å². The number of nitrogens with zero attached hydrogens (tertiary/aromatic N) is 2. The number of halogens is 3. The first-order valence-corrected chi connectivity index (χ1v) is 16.1. The molecule has 0 spiro atoms. The number of nitrogens with two attached hydrogens (primary N) is 1. The molecule has 1 saturated heterocycles. The summed E-state index contributed by atoms with van der Waals surface area (Å²) in [5.41, 5.74) is 6.99. The average molecular weight is 652 g/mol. The van der Waals surface area contributed by atoms with E-state index in [1.807, 2.05) is 0 Å². The Balaban J connectivity index is 0.000000393. The number of hydrogen-bond acceptors (Lipinski definition) is 7. The highest BCUT2D eigenvalue weighted by molar-refractivity contribution is 7.89. The van der Waals surface area contributed by atoms with Gasteiger partial charge in [-0.2, -0.15) is 4.31 Å². The zero-order valence-corrected chi connectivity index (χ0v) is 25.4. The maximum atomic E-state index is 14.4. The summed E-state index contributed by atoms with van der Waals surface area (Å²) in [5.74, 6) is -1.90. The van der Waals surface area contributed by atoms with E-state index in [1.54, 1.807) is 6.07 Å². The number of carboxylic acids is 1. The average Bonchev–Trinajstić information content (AvgIpc) is 3.77. The molecule has 1 heterocycles. The van der Waals surface area contributed by atoms with Crippen LogP contribution < -0.4 is 5.73 Å². The van der Waals surface area contributed by atoms with Gasteiger partial charge in [-0.25, -0.2) is 12.8 Å². The Morgan fingerprint density at radius 3 is 2.00 bits per heavy atom. The zero-order chi connectivity index (χ0) is 30.5. The van der Waals surface area contributed by atoms with Crippen LogP contribution >= 0.6 is 23.2 Å². The van der Waals surface area contributed by atoms with E-state index in [-0.39, 0.29) is 25.8 Å². The van der Waals surface area contributed by atoms with Crippen molar-refractivity contribution in [2.45, 2.75) is 55.2 Å². The lowest BCUT2D eigenvalue weighted by atomic mass is 9.98. The molecule has 1 unspecified atom stereocenters. The smallest absolute Gasteiger partial charge is 0.300 e. The number of sulfonamides is 1. The molecular formula is C26H31Cl2FN3O7S2-. The topological polar surface area (TPSA) is 161 Å². The van der Waals surface area contributed by atoms with Gasteiger partial charge in [0, 0.05) is 54.9 Å². The monoisotopic (exact) mass is 650 g/mol. The zero-order valence-electron chi connectivity index (χ0n) is 22.2. The fourth-order valence-electron chi connectivity index (χ4n) is 4.19. The minimum atomic E-state index is -3.71. The van der Waals surface area contributed by atoms with Crippen LogP contribution in [0.25, 0.3) is 0 Å². The highest BCUT2D eigenvalue weighted by atomic mass is 35.5. The second-order valence-electron chi connectivity index (χ2n) is 9.93. The first-order valence-electron chi connectivity index (χ1n) is 12.8. The van der Waals surface area contributed by atoms with E-state index in [2.05, 4.69) is 4.90 Å². The first-order chi connectivity index (χ1) is 19.2. The van der Waals surface area contributed by atoms with Gasteiger partial charge in [0.1, 0.15) is 5.82 Å². The predicted molar refractivity (Wildman–Crippen MR) is 153 cm³/mol. The van der Waals surface area contributed by atoms with E-state index in [4.69, 9.17) is 38.8 Å². The van der Waals surface area contributed by atoms with Crippen LogP contribution in [-0.4, -0.2) is 74.8 Å². The number of hydrogen-bond donors (Lipinski definition) is 2. The first kappa shape index (κ1) is 33.4. The number of carbonyl (C=O) groups excluding carboxylic acids is 1. The van der Waals surface area contributed by atoms with Crippen molar-refractivity contribution in [3.63, 3.8) is 0 Å². The number of primary amides is 1. The van der Waals surface area contributed by atoms with Crippen LogP contribution in [0.5, 0.6) is 0 Å². The molecule has 1 atom stereocenters. The fourth-order valence-corrected chi connectivity index (χ4v) is 6.86. The van der Waals surface area contributed by atoms with Crippen LogP contribution in [0.15, 0.2) is 35.2 Å². The van der Waals surface area contributed by atoms with E-state index in [1.165, 1.54) is 28.6 Å². The number of amides is 1. The third kappa shape index (κ3) is 9.98. The lowest BCUT2D eigenvalue weighted by molar-refractivity contribution is -0.134. The molecule has 2 aliphatic carbocycles. The SMILES string of the molecule is CC(=O)O.NC(=O)c1cc(C2CC2)c(CN2CCN(S(=O)(=O)c3cc(Cl)cc(Cl)c3)CC2)cc1F.O=S([O-])C1CC1. The van der Waals surface area contributed by atoms with Crippen LogP contribution in [-0.2, 0) is 32.4 Å². The maximum absolute atomic E-state index is 14.4. The highest BCUT2D eigenvalue weighted by Gasteiger charge is 2.32. The molecule has 1 aliphatic heterocycles. The third-order valence-electron chi connectivity index (χ3n) is 6.51. The molecule has 1 amide bonds. The summed E-state index contributed by atoms with van der Waals surface area (Å²) in [7, 11) is -3.71. The number of carboxylic acid groups (broad SMARTS) is 1. The van der Waals surface area contributed by atoms with Crippen LogP contribution in [0, 0.1) is 5.82 Å². The molecule has 3 N–H and O–H groups in total. The number of carbonyl (C=O) groups is 2. The third-order valence-corrected chi connectivity index (χ3v) is 9.84. The van der Waals surface area contributed by atoms with Crippen LogP contribution in [0.4, 0.5) is 4.39 Å². The van der Waals surface area contributed by atoms with Crippen molar-refractivity contribution in [3.8, 4) is 0 Å². The molecule has 3 aliphatic rings. The molecule has 10 nitrogen and oxygen atoms in total. The predicted octanol–water partition coefficient (Wildman–Crippen LogP) is 3.73. The van der Waals surface area contributed by atoms with Gasteiger partial charge in [0.2, 0.25) is 10.0 Å². The van der Waals surface area contributed by atoms with Crippen molar-refractivity contribution in [1.82, 2.24) is 9.21 Å². The minimum absolute atomic E-state index is 0.0185. The molecule has 3 fully saturated rings.